The molecule has 1 aromatic rings. The van der Waals surface area contributed by atoms with E-state index in [1.165, 1.54) is 36.2 Å². The molecule has 118 valence electrons. The monoisotopic (exact) mass is 289 g/mol. The molecule has 0 amide bonds. The fourth-order valence-corrected chi connectivity index (χ4v) is 3.11. The molecule has 1 unspecified atom stereocenters. The summed E-state index contributed by atoms with van der Waals surface area (Å²) in [5.41, 5.74) is 3.98. The van der Waals surface area contributed by atoms with Crippen LogP contribution < -0.4 is 5.32 Å². The Balaban J connectivity index is 2.00. The molecule has 21 heavy (non-hydrogen) atoms. The molecule has 1 aliphatic carbocycles. The predicted molar refractivity (Wildman–Crippen MR) is 88.6 cm³/mol. The maximum absolute atomic E-state index is 4.85. The van der Waals surface area contributed by atoms with E-state index in [1.54, 1.807) is 0 Å². The second-order valence-electron chi connectivity index (χ2n) is 6.90. The van der Waals surface area contributed by atoms with E-state index in [2.05, 4.69) is 33.0 Å². The molecule has 1 N–H and O–H groups in total. The zero-order valence-corrected chi connectivity index (χ0v) is 14.2. The molecule has 1 aliphatic rings. The third-order valence-corrected chi connectivity index (χ3v) is 4.43. The lowest BCUT2D eigenvalue weighted by atomic mass is 9.85. The zero-order valence-electron chi connectivity index (χ0n) is 14.2. The summed E-state index contributed by atoms with van der Waals surface area (Å²) in [6, 6.07) is 0. The molecule has 0 spiro atoms. The van der Waals surface area contributed by atoms with Gasteiger partial charge in [-0.05, 0) is 69.5 Å². The molecule has 0 aliphatic heterocycles. The van der Waals surface area contributed by atoms with Crippen LogP contribution in [0.5, 0.6) is 0 Å². The third-order valence-electron chi connectivity index (χ3n) is 4.43. The van der Waals surface area contributed by atoms with Crippen LogP contribution in [-0.2, 0) is 19.3 Å². The van der Waals surface area contributed by atoms with E-state index >= 15 is 0 Å². The maximum Gasteiger partial charge on any atom is 0.128 e. The summed E-state index contributed by atoms with van der Waals surface area (Å²) >= 11 is 0. The first-order chi connectivity index (χ1) is 10.1. The van der Waals surface area contributed by atoms with Gasteiger partial charge in [0.25, 0.3) is 0 Å². The minimum absolute atomic E-state index is 0.721. The number of nitrogens with zero attached hydrogens (tertiary/aromatic N) is 2. The first kappa shape index (κ1) is 16.4. The van der Waals surface area contributed by atoms with Gasteiger partial charge in [0.1, 0.15) is 5.82 Å². The maximum atomic E-state index is 4.85. The molecule has 0 aromatic carbocycles. The Labute approximate surface area is 130 Å². The molecular formula is C18H31N3. The van der Waals surface area contributed by atoms with E-state index in [-0.39, 0.29) is 0 Å². The molecule has 0 saturated heterocycles. The van der Waals surface area contributed by atoms with E-state index in [4.69, 9.17) is 9.97 Å². The van der Waals surface area contributed by atoms with Gasteiger partial charge < -0.3 is 5.32 Å². The summed E-state index contributed by atoms with van der Waals surface area (Å²) < 4.78 is 0. The highest BCUT2D eigenvalue weighted by atomic mass is 14.9. The van der Waals surface area contributed by atoms with Gasteiger partial charge >= 0.3 is 0 Å². The van der Waals surface area contributed by atoms with Crippen molar-refractivity contribution >= 4 is 0 Å². The molecule has 0 fully saturated rings. The molecule has 3 nitrogen and oxygen atoms in total. The van der Waals surface area contributed by atoms with Crippen LogP contribution in [0.1, 0.15) is 62.8 Å². The lowest BCUT2D eigenvalue weighted by Crippen LogP contribution is -2.29. The molecular weight excluding hydrogens is 258 g/mol. The largest absolute Gasteiger partial charge is 0.316 e. The van der Waals surface area contributed by atoms with Crippen molar-refractivity contribution in [2.24, 2.45) is 11.8 Å². The van der Waals surface area contributed by atoms with Crippen LogP contribution in [0, 0.1) is 18.8 Å². The highest BCUT2D eigenvalue weighted by molar-refractivity contribution is 5.28. The Bertz CT molecular complexity index is 454. The summed E-state index contributed by atoms with van der Waals surface area (Å²) in [6.07, 6.45) is 6.97. The average Bonchev–Trinajstić information content (AvgIpc) is 2.46. The minimum Gasteiger partial charge on any atom is -0.316 e. The number of hydrogen-bond acceptors (Lipinski definition) is 3. The Morgan fingerprint density at radius 2 is 2.10 bits per heavy atom. The van der Waals surface area contributed by atoms with Crippen molar-refractivity contribution in [3.05, 3.63) is 22.8 Å². The van der Waals surface area contributed by atoms with Crippen LogP contribution in [0.15, 0.2) is 0 Å². The van der Waals surface area contributed by atoms with Gasteiger partial charge in [-0.3, -0.25) is 0 Å². The fourth-order valence-electron chi connectivity index (χ4n) is 3.11. The summed E-state index contributed by atoms with van der Waals surface area (Å²) in [4.78, 5) is 9.60. The van der Waals surface area contributed by atoms with Crippen LogP contribution in [0.2, 0.25) is 0 Å². The van der Waals surface area contributed by atoms with E-state index in [9.17, 15) is 0 Å². The number of aromatic nitrogens is 2. The quantitative estimate of drug-likeness (QED) is 0.781. The second-order valence-corrected chi connectivity index (χ2v) is 6.90. The van der Waals surface area contributed by atoms with E-state index < -0.39 is 0 Å². The highest BCUT2D eigenvalue weighted by Gasteiger charge is 2.22. The number of nitrogens with one attached hydrogen (secondary N) is 1. The summed E-state index contributed by atoms with van der Waals surface area (Å²) in [6.45, 7) is 11.2. The SMILES string of the molecule is CCCNCC1CCc2nc(CCC(C)C)nc(C)c2C1. The molecule has 1 atom stereocenters. The van der Waals surface area contributed by atoms with Gasteiger partial charge in [0.2, 0.25) is 0 Å². The van der Waals surface area contributed by atoms with Crippen LogP contribution in [0.25, 0.3) is 0 Å². The molecule has 1 heterocycles. The van der Waals surface area contributed by atoms with E-state index in [0.717, 1.165) is 50.0 Å². The Morgan fingerprint density at radius 1 is 1.29 bits per heavy atom. The lowest BCUT2D eigenvalue weighted by Gasteiger charge is -2.25. The molecule has 2 rings (SSSR count). The van der Waals surface area contributed by atoms with Gasteiger partial charge in [0.15, 0.2) is 0 Å². The van der Waals surface area contributed by atoms with Crippen molar-refractivity contribution in [1.29, 1.82) is 0 Å². The van der Waals surface area contributed by atoms with Crippen molar-refractivity contribution in [2.75, 3.05) is 13.1 Å². The Morgan fingerprint density at radius 3 is 2.81 bits per heavy atom. The number of hydrogen-bond donors (Lipinski definition) is 1. The third kappa shape index (κ3) is 4.77. The van der Waals surface area contributed by atoms with Crippen molar-refractivity contribution in [3.8, 4) is 0 Å². The zero-order chi connectivity index (χ0) is 15.2. The van der Waals surface area contributed by atoms with Gasteiger partial charge in [-0.25, -0.2) is 9.97 Å². The topological polar surface area (TPSA) is 37.8 Å². The average molecular weight is 289 g/mol. The lowest BCUT2D eigenvalue weighted by molar-refractivity contribution is 0.417. The van der Waals surface area contributed by atoms with E-state index in [0.29, 0.717) is 0 Å². The highest BCUT2D eigenvalue weighted by Crippen LogP contribution is 2.26. The molecule has 3 heteroatoms. The van der Waals surface area contributed by atoms with Gasteiger partial charge in [-0.1, -0.05) is 20.8 Å². The van der Waals surface area contributed by atoms with Gasteiger partial charge in [-0.2, -0.15) is 0 Å². The van der Waals surface area contributed by atoms with E-state index in [1.807, 2.05) is 0 Å². The first-order valence-corrected chi connectivity index (χ1v) is 8.66. The molecule has 0 saturated carbocycles. The summed E-state index contributed by atoms with van der Waals surface area (Å²) in [5.74, 6) is 2.54. The van der Waals surface area contributed by atoms with Crippen LogP contribution in [0.3, 0.4) is 0 Å². The molecule has 1 aromatic heterocycles. The molecule has 0 bridgehead atoms. The minimum atomic E-state index is 0.721. The fraction of sp³-hybridized carbons (Fsp3) is 0.778. The summed E-state index contributed by atoms with van der Waals surface area (Å²) in [7, 11) is 0. The first-order valence-electron chi connectivity index (χ1n) is 8.66. The Hall–Kier alpha value is -0.960. The van der Waals surface area contributed by atoms with Crippen molar-refractivity contribution < 1.29 is 0 Å². The normalized spacial score (nSPS) is 18.0. The number of aryl methyl sites for hydroxylation is 3. The van der Waals surface area contributed by atoms with Gasteiger partial charge in [0.05, 0.1) is 0 Å². The van der Waals surface area contributed by atoms with Crippen LogP contribution in [0.4, 0.5) is 0 Å². The second kappa shape index (κ2) is 7.88. The van der Waals surface area contributed by atoms with Crippen LogP contribution in [-0.4, -0.2) is 23.1 Å². The Kier molecular flexibility index (Phi) is 6.16. The smallest absolute Gasteiger partial charge is 0.128 e. The van der Waals surface area contributed by atoms with Gasteiger partial charge in [0, 0.05) is 17.8 Å². The van der Waals surface area contributed by atoms with Gasteiger partial charge in [-0.15, -0.1) is 0 Å². The number of fused-ring (bicyclic) bond motifs is 1. The summed E-state index contributed by atoms with van der Waals surface area (Å²) in [5, 5.41) is 3.56. The van der Waals surface area contributed by atoms with Crippen molar-refractivity contribution in [2.45, 2.75) is 66.2 Å². The predicted octanol–water partition coefficient (Wildman–Crippen LogP) is 3.48. The number of rotatable bonds is 7. The van der Waals surface area contributed by atoms with Crippen molar-refractivity contribution in [3.63, 3.8) is 0 Å². The van der Waals surface area contributed by atoms with Crippen LogP contribution >= 0.6 is 0 Å². The molecule has 0 radical (unpaired) electrons. The van der Waals surface area contributed by atoms with Crippen molar-refractivity contribution in [1.82, 2.24) is 15.3 Å². The standard InChI is InChI=1S/C18H31N3/c1-5-10-19-12-15-7-8-17-16(11-15)14(4)20-18(21-17)9-6-13(2)3/h13,15,19H,5-12H2,1-4H3.